The van der Waals surface area contributed by atoms with Crippen molar-refractivity contribution in [1.29, 1.82) is 0 Å². The number of carbonyl (C=O) groups excluding carboxylic acids is 2. The van der Waals surface area contributed by atoms with Gasteiger partial charge in [0, 0.05) is 13.0 Å². The highest BCUT2D eigenvalue weighted by atomic mass is 16.5. The molecule has 0 aliphatic heterocycles. The van der Waals surface area contributed by atoms with Crippen molar-refractivity contribution < 1.29 is 24.2 Å². The largest absolute Gasteiger partial charge is 0.480 e. The molecule has 0 aliphatic rings. The van der Waals surface area contributed by atoms with E-state index < -0.39 is 5.97 Å². The molecule has 0 aromatic heterocycles. The first kappa shape index (κ1) is 29.6. The second-order valence-corrected chi connectivity index (χ2v) is 7.28. The Balaban J connectivity index is 0. The molecule has 0 spiro atoms. The number of methoxy groups -OCH3 is 1. The second-order valence-electron chi connectivity index (χ2n) is 7.28. The Labute approximate surface area is 177 Å². The number of amides is 1. The second kappa shape index (κ2) is 24.4. The molecular weight excluding hydrogens is 372 g/mol. The predicted molar refractivity (Wildman–Crippen MR) is 117 cm³/mol. The molecule has 4 N–H and O–H groups in total. The summed E-state index contributed by atoms with van der Waals surface area (Å²) in [5, 5.41) is 10.8. The molecule has 172 valence electrons. The van der Waals surface area contributed by atoms with Gasteiger partial charge in [-0.3, -0.25) is 14.4 Å². The lowest BCUT2D eigenvalue weighted by Gasteiger charge is -2.04. The summed E-state index contributed by atoms with van der Waals surface area (Å²) in [6.07, 6.45) is 17.4. The molecule has 0 saturated carbocycles. The molecule has 0 bridgehead atoms. The minimum absolute atomic E-state index is 0.148. The van der Waals surface area contributed by atoms with Gasteiger partial charge in [-0.2, -0.15) is 0 Å². The number of ether oxygens (including phenoxy) is 1. The summed E-state index contributed by atoms with van der Waals surface area (Å²) in [4.78, 5) is 31.7. The molecule has 7 heteroatoms. The summed E-state index contributed by atoms with van der Waals surface area (Å²) in [6, 6.07) is 0. The average Bonchev–Trinajstić information content (AvgIpc) is 2.70. The zero-order valence-corrected chi connectivity index (χ0v) is 18.7. The fourth-order valence-corrected chi connectivity index (χ4v) is 2.79. The van der Waals surface area contributed by atoms with Gasteiger partial charge < -0.3 is 20.9 Å². The number of nitrogens with one attached hydrogen (secondary N) is 1. The van der Waals surface area contributed by atoms with Gasteiger partial charge in [0.15, 0.2) is 0 Å². The van der Waals surface area contributed by atoms with Crippen LogP contribution in [0.25, 0.3) is 0 Å². The molecule has 0 aliphatic carbocycles. The standard InChI is InChI=1S/C18H35NO3.C4H9NO2/c1-2-3-4-5-6-7-8-9-10-11-12-13-14-15-17(20)19-16-18(21)22;1-7-4(6)2-3-5/h2-16H2,1H3,(H,19,20)(H,21,22);2-3,5H2,1H3. The van der Waals surface area contributed by atoms with Crippen molar-refractivity contribution in [2.24, 2.45) is 5.73 Å². The lowest BCUT2D eigenvalue weighted by atomic mass is 10.0. The smallest absolute Gasteiger partial charge is 0.322 e. The number of unbranched alkanes of at least 4 members (excludes halogenated alkanes) is 12. The molecule has 0 aromatic rings. The van der Waals surface area contributed by atoms with E-state index in [1.807, 2.05) is 0 Å². The van der Waals surface area contributed by atoms with E-state index in [-0.39, 0.29) is 18.4 Å². The van der Waals surface area contributed by atoms with Crippen LogP contribution in [-0.2, 0) is 19.1 Å². The van der Waals surface area contributed by atoms with Gasteiger partial charge in [0.05, 0.1) is 13.5 Å². The van der Waals surface area contributed by atoms with Gasteiger partial charge in [-0.15, -0.1) is 0 Å². The van der Waals surface area contributed by atoms with Crippen molar-refractivity contribution in [3.8, 4) is 0 Å². The Hall–Kier alpha value is -1.63. The maximum absolute atomic E-state index is 11.3. The third-order valence-corrected chi connectivity index (χ3v) is 4.52. The maximum atomic E-state index is 11.3. The lowest BCUT2D eigenvalue weighted by Crippen LogP contribution is -2.28. The zero-order valence-electron chi connectivity index (χ0n) is 18.7. The summed E-state index contributed by atoms with van der Waals surface area (Å²) in [5.41, 5.74) is 5.00. The summed E-state index contributed by atoms with van der Waals surface area (Å²) >= 11 is 0. The molecule has 0 aromatic carbocycles. The molecule has 0 radical (unpaired) electrons. The van der Waals surface area contributed by atoms with Gasteiger partial charge in [-0.1, -0.05) is 84.0 Å². The van der Waals surface area contributed by atoms with E-state index in [0.29, 0.717) is 19.4 Å². The molecule has 0 atom stereocenters. The number of carbonyl (C=O) groups is 3. The maximum Gasteiger partial charge on any atom is 0.322 e. The Morgan fingerprint density at radius 3 is 1.59 bits per heavy atom. The number of hydrogen-bond donors (Lipinski definition) is 3. The van der Waals surface area contributed by atoms with Crippen molar-refractivity contribution in [2.45, 2.75) is 103 Å². The summed E-state index contributed by atoms with van der Waals surface area (Å²) in [5.74, 6) is -1.38. The lowest BCUT2D eigenvalue weighted by molar-refractivity contribution is -0.140. The van der Waals surface area contributed by atoms with E-state index in [1.54, 1.807) is 0 Å². The fraction of sp³-hybridized carbons (Fsp3) is 0.864. The van der Waals surface area contributed by atoms with E-state index in [2.05, 4.69) is 17.0 Å². The van der Waals surface area contributed by atoms with Crippen LogP contribution in [-0.4, -0.2) is 43.2 Å². The molecule has 0 saturated heterocycles. The van der Waals surface area contributed by atoms with Crippen molar-refractivity contribution in [1.82, 2.24) is 5.32 Å². The summed E-state index contributed by atoms with van der Waals surface area (Å²) in [6.45, 7) is 2.35. The summed E-state index contributed by atoms with van der Waals surface area (Å²) in [7, 11) is 1.35. The van der Waals surface area contributed by atoms with Crippen LogP contribution in [0.3, 0.4) is 0 Å². The quantitative estimate of drug-likeness (QED) is 0.228. The van der Waals surface area contributed by atoms with Crippen LogP contribution in [0.5, 0.6) is 0 Å². The first-order valence-corrected chi connectivity index (χ1v) is 11.2. The summed E-state index contributed by atoms with van der Waals surface area (Å²) < 4.78 is 4.27. The number of carboxylic acids is 1. The van der Waals surface area contributed by atoms with Crippen molar-refractivity contribution in [3.05, 3.63) is 0 Å². The predicted octanol–water partition coefficient (Wildman–Crippen LogP) is 4.18. The van der Waals surface area contributed by atoms with Gasteiger partial charge >= 0.3 is 11.9 Å². The van der Waals surface area contributed by atoms with Crippen molar-refractivity contribution in [3.63, 3.8) is 0 Å². The van der Waals surface area contributed by atoms with E-state index in [0.717, 1.165) is 12.8 Å². The molecule has 0 heterocycles. The van der Waals surface area contributed by atoms with Gasteiger partial charge in [0.1, 0.15) is 6.54 Å². The number of rotatable bonds is 18. The molecule has 7 nitrogen and oxygen atoms in total. The monoisotopic (exact) mass is 416 g/mol. The molecule has 0 rings (SSSR count). The third kappa shape index (κ3) is 28.7. The number of esters is 1. The Morgan fingerprint density at radius 1 is 0.793 bits per heavy atom. The number of carboxylic acid groups (broad SMARTS) is 1. The minimum atomic E-state index is -0.987. The normalized spacial score (nSPS) is 10.0. The van der Waals surface area contributed by atoms with E-state index >= 15 is 0 Å². The van der Waals surface area contributed by atoms with E-state index in [9.17, 15) is 14.4 Å². The first-order valence-electron chi connectivity index (χ1n) is 11.2. The van der Waals surface area contributed by atoms with Gasteiger partial charge in [0.25, 0.3) is 0 Å². The van der Waals surface area contributed by atoms with Gasteiger partial charge in [-0.25, -0.2) is 0 Å². The Morgan fingerprint density at radius 2 is 1.24 bits per heavy atom. The molecule has 0 unspecified atom stereocenters. The highest BCUT2D eigenvalue weighted by Gasteiger charge is 2.03. The van der Waals surface area contributed by atoms with Gasteiger partial charge in [-0.05, 0) is 6.42 Å². The highest BCUT2D eigenvalue weighted by molar-refractivity contribution is 5.80. The number of aliphatic carboxylic acids is 1. The molecule has 1 amide bonds. The van der Waals surface area contributed by atoms with Crippen LogP contribution in [0.15, 0.2) is 0 Å². The van der Waals surface area contributed by atoms with Gasteiger partial charge in [0.2, 0.25) is 5.91 Å². The minimum Gasteiger partial charge on any atom is -0.480 e. The van der Waals surface area contributed by atoms with Crippen LogP contribution in [0.1, 0.15) is 103 Å². The van der Waals surface area contributed by atoms with Crippen LogP contribution >= 0.6 is 0 Å². The van der Waals surface area contributed by atoms with Crippen molar-refractivity contribution >= 4 is 17.8 Å². The number of hydrogen-bond acceptors (Lipinski definition) is 5. The number of nitrogens with two attached hydrogens (primary N) is 1. The van der Waals surface area contributed by atoms with Crippen LogP contribution in [0.4, 0.5) is 0 Å². The average molecular weight is 417 g/mol. The molecular formula is C22H44N2O5. The van der Waals surface area contributed by atoms with E-state index in [1.165, 1.54) is 77.7 Å². The molecule has 0 fully saturated rings. The van der Waals surface area contributed by atoms with Crippen LogP contribution < -0.4 is 11.1 Å². The van der Waals surface area contributed by atoms with Crippen LogP contribution in [0.2, 0.25) is 0 Å². The van der Waals surface area contributed by atoms with Crippen molar-refractivity contribution in [2.75, 3.05) is 20.2 Å². The zero-order chi connectivity index (χ0) is 22.2. The van der Waals surface area contributed by atoms with E-state index in [4.69, 9.17) is 10.8 Å². The topological polar surface area (TPSA) is 119 Å². The highest BCUT2D eigenvalue weighted by Crippen LogP contribution is 2.12. The Kier molecular flexibility index (Phi) is 24.9. The SMILES string of the molecule is CCCCCCCCCCCCCCCC(=O)NCC(=O)O.COC(=O)CCN. The Bertz CT molecular complexity index is 403. The third-order valence-electron chi connectivity index (χ3n) is 4.52. The fourth-order valence-electron chi connectivity index (χ4n) is 2.79. The van der Waals surface area contributed by atoms with Crippen LogP contribution in [0, 0.1) is 0 Å². The molecule has 29 heavy (non-hydrogen) atoms. The first-order chi connectivity index (χ1) is 14.0.